The van der Waals surface area contributed by atoms with Gasteiger partial charge in [-0.3, -0.25) is 9.78 Å². The molecule has 8 heteroatoms. The molecule has 2 aromatic heterocycles. The highest BCUT2D eigenvalue weighted by Gasteiger charge is 2.18. The van der Waals surface area contributed by atoms with Crippen LogP contribution in [0.1, 0.15) is 29.6 Å². The maximum absolute atomic E-state index is 12.0. The van der Waals surface area contributed by atoms with Crippen molar-refractivity contribution in [2.45, 2.75) is 25.8 Å². The summed E-state index contributed by atoms with van der Waals surface area (Å²) in [6.45, 7) is 1.77. The van der Waals surface area contributed by atoms with Crippen molar-refractivity contribution in [3.63, 3.8) is 0 Å². The number of esters is 1. The van der Waals surface area contributed by atoms with Gasteiger partial charge in [-0.25, -0.2) is 4.79 Å². The second-order valence-electron chi connectivity index (χ2n) is 6.09. The Hall–Kier alpha value is -3.55. The van der Waals surface area contributed by atoms with Gasteiger partial charge in [0.2, 0.25) is 11.7 Å². The van der Waals surface area contributed by atoms with E-state index in [-0.39, 0.29) is 12.5 Å². The lowest BCUT2D eigenvalue weighted by Crippen LogP contribution is -2.39. The van der Waals surface area contributed by atoms with E-state index in [2.05, 4.69) is 20.4 Å². The van der Waals surface area contributed by atoms with Gasteiger partial charge in [0.05, 0.1) is 6.61 Å². The van der Waals surface area contributed by atoms with Gasteiger partial charge in [-0.2, -0.15) is 4.98 Å². The summed E-state index contributed by atoms with van der Waals surface area (Å²) >= 11 is 0. The van der Waals surface area contributed by atoms with E-state index < -0.39 is 12.0 Å². The quantitative estimate of drug-likeness (QED) is 0.472. The van der Waals surface area contributed by atoms with Crippen molar-refractivity contribution < 1.29 is 18.8 Å². The van der Waals surface area contributed by atoms with Crippen LogP contribution in [0.5, 0.6) is 0 Å². The number of benzene rings is 1. The van der Waals surface area contributed by atoms with Crippen LogP contribution in [0.15, 0.2) is 59.4 Å². The molecule has 3 rings (SSSR count). The van der Waals surface area contributed by atoms with Gasteiger partial charge in [0.15, 0.2) is 0 Å². The molecule has 8 nitrogen and oxygen atoms in total. The van der Waals surface area contributed by atoms with Crippen LogP contribution in [0.25, 0.3) is 11.4 Å². The first-order chi connectivity index (χ1) is 13.6. The normalized spacial score (nSPS) is 11.6. The molecule has 144 valence electrons. The van der Waals surface area contributed by atoms with Gasteiger partial charge in [0.1, 0.15) is 6.04 Å². The number of nitrogens with zero attached hydrogens (tertiary/aromatic N) is 3. The van der Waals surface area contributed by atoms with Crippen LogP contribution >= 0.6 is 0 Å². The molecule has 0 aliphatic rings. The molecule has 1 atom stereocenters. The van der Waals surface area contributed by atoms with Crippen molar-refractivity contribution >= 4 is 11.9 Å². The molecule has 1 N–H and O–H groups in total. The molecule has 3 aromatic rings. The first-order valence-corrected chi connectivity index (χ1v) is 8.89. The molecule has 0 aliphatic carbocycles. The molecule has 0 aliphatic heterocycles. The average Bonchev–Trinajstić information content (AvgIpc) is 3.21. The molecule has 0 fully saturated rings. The summed E-state index contributed by atoms with van der Waals surface area (Å²) in [4.78, 5) is 32.4. The second kappa shape index (κ2) is 9.40. The molecule has 0 saturated carbocycles. The Morgan fingerprint density at radius 2 is 2.00 bits per heavy atom. The van der Waals surface area contributed by atoms with Crippen molar-refractivity contribution in [1.82, 2.24) is 20.4 Å². The fourth-order valence-electron chi connectivity index (χ4n) is 2.42. The minimum Gasteiger partial charge on any atom is -0.464 e. The number of aromatic nitrogens is 3. The van der Waals surface area contributed by atoms with Crippen LogP contribution < -0.4 is 5.32 Å². The van der Waals surface area contributed by atoms with E-state index in [4.69, 9.17) is 9.26 Å². The zero-order chi connectivity index (χ0) is 19.8. The summed E-state index contributed by atoms with van der Waals surface area (Å²) in [7, 11) is 0. The highest BCUT2D eigenvalue weighted by atomic mass is 16.5. The number of aryl methyl sites for hydroxylation is 1. The van der Waals surface area contributed by atoms with Gasteiger partial charge in [-0.05, 0) is 37.6 Å². The number of hydrogen-bond donors (Lipinski definition) is 1. The van der Waals surface area contributed by atoms with Gasteiger partial charge in [-0.15, -0.1) is 0 Å². The standard InChI is InChI=1S/C20H20N4O4/c1-14(22-19(25)15-7-3-2-4-8-15)20(26)27-12-6-10-17-23-18(24-28-17)16-9-5-11-21-13-16/h2-5,7-9,11,13-14H,6,10,12H2,1H3,(H,22,25)/t14-/m0/s1. The first-order valence-electron chi connectivity index (χ1n) is 8.89. The van der Waals surface area contributed by atoms with Crippen molar-refractivity contribution in [2.75, 3.05) is 6.61 Å². The van der Waals surface area contributed by atoms with E-state index in [0.29, 0.717) is 30.1 Å². The predicted molar refractivity (Wildman–Crippen MR) is 100 cm³/mol. The van der Waals surface area contributed by atoms with Crippen molar-refractivity contribution in [3.8, 4) is 11.4 Å². The smallest absolute Gasteiger partial charge is 0.328 e. The van der Waals surface area contributed by atoms with Gasteiger partial charge in [-0.1, -0.05) is 23.4 Å². The summed E-state index contributed by atoms with van der Waals surface area (Å²) in [6, 6.07) is 11.6. The number of hydrogen-bond acceptors (Lipinski definition) is 7. The molecule has 0 radical (unpaired) electrons. The van der Waals surface area contributed by atoms with Crippen LogP contribution in [0.2, 0.25) is 0 Å². The van der Waals surface area contributed by atoms with E-state index in [1.165, 1.54) is 0 Å². The Morgan fingerprint density at radius 3 is 2.75 bits per heavy atom. The van der Waals surface area contributed by atoms with E-state index >= 15 is 0 Å². The third kappa shape index (κ3) is 5.23. The number of carbonyl (C=O) groups excluding carboxylic acids is 2. The molecule has 1 amide bonds. The molecule has 1 aromatic carbocycles. The Labute approximate surface area is 161 Å². The average molecular weight is 380 g/mol. The van der Waals surface area contributed by atoms with Crippen molar-refractivity contribution in [1.29, 1.82) is 0 Å². The summed E-state index contributed by atoms with van der Waals surface area (Å²) in [6.07, 6.45) is 4.33. The highest BCUT2D eigenvalue weighted by Crippen LogP contribution is 2.14. The zero-order valence-corrected chi connectivity index (χ0v) is 15.4. The third-order valence-corrected chi connectivity index (χ3v) is 3.90. The molecule has 0 spiro atoms. The highest BCUT2D eigenvalue weighted by molar-refractivity contribution is 5.96. The number of nitrogens with one attached hydrogen (secondary N) is 1. The summed E-state index contributed by atoms with van der Waals surface area (Å²) in [5, 5.41) is 6.52. The SMILES string of the molecule is C[C@H](NC(=O)c1ccccc1)C(=O)OCCCc1nc(-c2cccnc2)no1. The van der Waals surface area contributed by atoms with E-state index in [9.17, 15) is 9.59 Å². The van der Waals surface area contributed by atoms with Crippen LogP contribution in [-0.2, 0) is 16.0 Å². The van der Waals surface area contributed by atoms with E-state index in [1.54, 1.807) is 49.6 Å². The van der Waals surface area contributed by atoms with Gasteiger partial charge in [0.25, 0.3) is 5.91 Å². The number of amides is 1. The summed E-state index contributed by atoms with van der Waals surface area (Å²) in [5.41, 5.74) is 1.26. The molecule has 28 heavy (non-hydrogen) atoms. The fraction of sp³-hybridized carbons (Fsp3) is 0.250. The lowest BCUT2D eigenvalue weighted by Gasteiger charge is -2.13. The van der Waals surface area contributed by atoms with Crippen LogP contribution in [0, 0.1) is 0 Å². The third-order valence-electron chi connectivity index (χ3n) is 3.90. The predicted octanol–water partition coefficient (Wildman–Crippen LogP) is 2.43. The lowest BCUT2D eigenvalue weighted by atomic mass is 10.2. The number of rotatable bonds is 8. The number of ether oxygens (including phenoxy) is 1. The van der Waals surface area contributed by atoms with E-state index in [1.807, 2.05) is 12.1 Å². The van der Waals surface area contributed by atoms with Crippen LogP contribution in [0.3, 0.4) is 0 Å². The summed E-state index contributed by atoms with van der Waals surface area (Å²) < 4.78 is 10.4. The Balaban J connectivity index is 1.39. The van der Waals surface area contributed by atoms with E-state index in [0.717, 1.165) is 5.56 Å². The molecule has 0 bridgehead atoms. The maximum atomic E-state index is 12.0. The zero-order valence-electron chi connectivity index (χ0n) is 15.4. The molecule has 2 heterocycles. The van der Waals surface area contributed by atoms with Crippen LogP contribution in [-0.4, -0.2) is 39.6 Å². The number of carbonyl (C=O) groups is 2. The summed E-state index contributed by atoms with van der Waals surface area (Å²) in [5.74, 6) is 0.113. The minimum atomic E-state index is -0.742. The Kier molecular flexibility index (Phi) is 6.46. The Bertz CT molecular complexity index is 912. The van der Waals surface area contributed by atoms with Crippen molar-refractivity contribution in [2.24, 2.45) is 0 Å². The Morgan fingerprint density at radius 1 is 1.18 bits per heavy atom. The van der Waals surface area contributed by atoms with Gasteiger partial charge in [0, 0.05) is 29.9 Å². The second-order valence-corrected chi connectivity index (χ2v) is 6.09. The van der Waals surface area contributed by atoms with Gasteiger partial charge >= 0.3 is 5.97 Å². The monoisotopic (exact) mass is 380 g/mol. The lowest BCUT2D eigenvalue weighted by molar-refractivity contribution is -0.145. The van der Waals surface area contributed by atoms with Crippen LogP contribution in [0.4, 0.5) is 0 Å². The van der Waals surface area contributed by atoms with Crippen molar-refractivity contribution in [3.05, 3.63) is 66.3 Å². The maximum Gasteiger partial charge on any atom is 0.328 e. The minimum absolute atomic E-state index is 0.189. The topological polar surface area (TPSA) is 107 Å². The number of pyridine rings is 1. The largest absolute Gasteiger partial charge is 0.464 e. The molecule has 0 saturated heterocycles. The molecular weight excluding hydrogens is 360 g/mol. The fourth-order valence-corrected chi connectivity index (χ4v) is 2.42. The molecular formula is C20H20N4O4. The first kappa shape index (κ1) is 19.2. The van der Waals surface area contributed by atoms with Gasteiger partial charge < -0.3 is 14.6 Å². The molecule has 0 unspecified atom stereocenters.